The van der Waals surface area contributed by atoms with E-state index in [4.69, 9.17) is 23.2 Å². The van der Waals surface area contributed by atoms with Crippen LogP contribution in [0.1, 0.15) is 24.5 Å². The molecule has 1 N–H and O–H groups in total. The molecule has 2 aromatic carbocycles. The minimum atomic E-state index is -0.594. The molecule has 8 heteroatoms. The first-order valence-corrected chi connectivity index (χ1v) is 11.0. The maximum atomic E-state index is 13.2. The number of hydrogen-bond donors (Lipinski definition) is 1. The van der Waals surface area contributed by atoms with E-state index in [-0.39, 0.29) is 29.9 Å². The Bertz CT molecular complexity index is 849. The molecule has 0 saturated carbocycles. The fourth-order valence-electron chi connectivity index (χ4n) is 2.84. The van der Waals surface area contributed by atoms with E-state index in [1.807, 2.05) is 13.0 Å². The van der Waals surface area contributed by atoms with Crippen LogP contribution in [0, 0.1) is 5.82 Å². The lowest BCUT2D eigenvalue weighted by Crippen LogP contribution is -2.48. The van der Waals surface area contributed by atoms with Gasteiger partial charge in [0.2, 0.25) is 11.8 Å². The van der Waals surface area contributed by atoms with Crippen molar-refractivity contribution in [1.82, 2.24) is 10.2 Å². The Balaban J connectivity index is 2.08. The summed E-state index contributed by atoms with van der Waals surface area (Å²) in [6.07, 6.45) is 0.476. The van der Waals surface area contributed by atoms with Gasteiger partial charge in [0.05, 0.1) is 15.8 Å². The van der Waals surface area contributed by atoms with Crippen LogP contribution >= 0.6 is 35.0 Å². The Morgan fingerprint density at radius 2 is 1.76 bits per heavy atom. The molecular weight excluding hydrogens is 434 g/mol. The number of rotatable bonds is 9. The summed E-state index contributed by atoms with van der Waals surface area (Å²) in [5, 5.41) is 3.57. The third-order valence-corrected chi connectivity index (χ3v) is 6.10. The standard InChI is InChI=1S/C21H23Cl2FN2O2S/c1-3-19(21(28)25-2)26(11-14-4-7-16(24)8-5-14)20(27)13-29-12-15-6-9-17(22)18(23)10-15/h4-10,19H,3,11-13H2,1-2H3,(H,25,28)/t19-/m1/s1. The summed E-state index contributed by atoms with van der Waals surface area (Å²) < 4.78 is 13.2. The predicted molar refractivity (Wildman–Crippen MR) is 118 cm³/mol. The zero-order valence-electron chi connectivity index (χ0n) is 16.3. The molecule has 29 heavy (non-hydrogen) atoms. The summed E-state index contributed by atoms with van der Waals surface area (Å²) in [7, 11) is 1.55. The Morgan fingerprint density at radius 1 is 1.10 bits per heavy atom. The van der Waals surface area contributed by atoms with Crippen molar-refractivity contribution in [3.05, 3.63) is 69.5 Å². The van der Waals surface area contributed by atoms with E-state index in [1.165, 1.54) is 23.9 Å². The van der Waals surface area contributed by atoms with E-state index in [0.717, 1.165) is 11.1 Å². The molecule has 0 unspecified atom stereocenters. The zero-order chi connectivity index (χ0) is 21.4. The van der Waals surface area contributed by atoms with Gasteiger partial charge in [0.1, 0.15) is 11.9 Å². The molecule has 156 valence electrons. The molecule has 1 atom stereocenters. The van der Waals surface area contributed by atoms with Gasteiger partial charge in [-0.05, 0) is 41.8 Å². The smallest absolute Gasteiger partial charge is 0.242 e. The van der Waals surface area contributed by atoms with Crippen LogP contribution in [0.3, 0.4) is 0 Å². The van der Waals surface area contributed by atoms with E-state index in [0.29, 0.717) is 22.2 Å². The predicted octanol–water partition coefficient (Wildman–Crippen LogP) is 4.92. The van der Waals surface area contributed by atoms with Crippen molar-refractivity contribution in [2.75, 3.05) is 12.8 Å². The van der Waals surface area contributed by atoms with Crippen molar-refractivity contribution in [2.24, 2.45) is 0 Å². The van der Waals surface area contributed by atoms with E-state index in [1.54, 1.807) is 36.2 Å². The third kappa shape index (κ3) is 6.91. The number of carbonyl (C=O) groups excluding carboxylic acids is 2. The summed E-state index contributed by atoms with van der Waals surface area (Å²) in [5.41, 5.74) is 1.72. The molecule has 0 spiro atoms. The van der Waals surface area contributed by atoms with Crippen molar-refractivity contribution in [3.8, 4) is 0 Å². The number of thioether (sulfide) groups is 1. The number of hydrogen-bond acceptors (Lipinski definition) is 3. The quantitative estimate of drug-likeness (QED) is 0.582. The Kier molecular flexibility index (Phi) is 9.27. The third-order valence-electron chi connectivity index (χ3n) is 4.38. The number of benzene rings is 2. The number of amides is 2. The normalized spacial score (nSPS) is 11.8. The first-order valence-electron chi connectivity index (χ1n) is 9.12. The fraction of sp³-hybridized carbons (Fsp3) is 0.333. The van der Waals surface area contributed by atoms with Gasteiger partial charge in [-0.1, -0.05) is 48.3 Å². The van der Waals surface area contributed by atoms with Crippen molar-refractivity contribution in [1.29, 1.82) is 0 Å². The van der Waals surface area contributed by atoms with Gasteiger partial charge in [-0.25, -0.2) is 4.39 Å². The SMILES string of the molecule is CC[C@H](C(=O)NC)N(Cc1ccc(F)cc1)C(=O)CSCc1ccc(Cl)c(Cl)c1. The summed E-state index contributed by atoms with van der Waals surface area (Å²) >= 11 is 13.4. The lowest BCUT2D eigenvalue weighted by Gasteiger charge is -2.30. The molecule has 0 aromatic heterocycles. The molecule has 2 aromatic rings. The van der Waals surface area contributed by atoms with E-state index in [2.05, 4.69) is 5.32 Å². The van der Waals surface area contributed by atoms with E-state index in [9.17, 15) is 14.0 Å². The molecule has 0 aliphatic heterocycles. The molecule has 4 nitrogen and oxygen atoms in total. The topological polar surface area (TPSA) is 49.4 Å². The molecule has 0 saturated heterocycles. The van der Waals surface area contributed by atoms with Gasteiger partial charge in [-0.2, -0.15) is 0 Å². The van der Waals surface area contributed by atoms with Crippen LogP contribution in [0.5, 0.6) is 0 Å². The van der Waals surface area contributed by atoms with Gasteiger partial charge in [-0.3, -0.25) is 9.59 Å². The number of nitrogens with one attached hydrogen (secondary N) is 1. The van der Waals surface area contributed by atoms with Gasteiger partial charge in [0.25, 0.3) is 0 Å². The molecule has 0 radical (unpaired) electrons. The minimum Gasteiger partial charge on any atom is -0.357 e. The molecule has 0 heterocycles. The Labute approximate surface area is 184 Å². The summed E-state index contributed by atoms with van der Waals surface area (Å²) in [4.78, 5) is 26.8. The summed E-state index contributed by atoms with van der Waals surface area (Å²) in [6, 6.07) is 10.7. The van der Waals surface area contributed by atoms with Crippen LogP contribution in [0.2, 0.25) is 10.0 Å². The molecule has 0 fully saturated rings. The molecule has 0 bridgehead atoms. The second kappa shape index (κ2) is 11.4. The van der Waals surface area contributed by atoms with Crippen molar-refractivity contribution < 1.29 is 14.0 Å². The van der Waals surface area contributed by atoms with Gasteiger partial charge >= 0.3 is 0 Å². The van der Waals surface area contributed by atoms with Crippen LogP contribution < -0.4 is 5.32 Å². The van der Waals surface area contributed by atoms with Gasteiger partial charge in [0, 0.05) is 19.3 Å². The summed E-state index contributed by atoms with van der Waals surface area (Å²) in [5.74, 6) is 0.0630. The van der Waals surface area contributed by atoms with Gasteiger partial charge in [0.15, 0.2) is 0 Å². The number of likely N-dealkylation sites (N-methyl/N-ethyl adjacent to an activating group) is 1. The van der Waals surface area contributed by atoms with Crippen LogP contribution in [-0.4, -0.2) is 35.6 Å². The average molecular weight is 457 g/mol. The molecular formula is C21H23Cl2FN2O2S. The maximum Gasteiger partial charge on any atom is 0.242 e. The number of nitrogens with zero attached hydrogens (tertiary/aromatic N) is 1. The molecule has 0 aliphatic rings. The van der Waals surface area contributed by atoms with Crippen LogP contribution in [0.4, 0.5) is 4.39 Å². The first-order chi connectivity index (χ1) is 13.8. The van der Waals surface area contributed by atoms with Gasteiger partial charge in [-0.15, -0.1) is 11.8 Å². The molecule has 0 aliphatic carbocycles. The highest BCUT2D eigenvalue weighted by Crippen LogP contribution is 2.25. The molecule has 2 amide bonds. The van der Waals surface area contributed by atoms with Crippen molar-refractivity contribution >= 4 is 46.8 Å². The Morgan fingerprint density at radius 3 is 2.34 bits per heavy atom. The largest absolute Gasteiger partial charge is 0.357 e. The van der Waals surface area contributed by atoms with E-state index >= 15 is 0 Å². The van der Waals surface area contributed by atoms with Gasteiger partial charge < -0.3 is 10.2 Å². The second-order valence-electron chi connectivity index (χ2n) is 6.43. The van der Waals surface area contributed by atoms with Crippen LogP contribution in [-0.2, 0) is 21.9 Å². The number of carbonyl (C=O) groups is 2. The van der Waals surface area contributed by atoms with Crippen LogP contribution in [0.15, 0.2) is 42.5 Å². The van der Waals surface area contributed by atoms with Crippen LogP contribution in [0.25, 0.3) is 0 Å². The highest BCUT2D eigenvalue weighted by atomic mass is 35.5. The monoisotopic (exact) mass is 456 g/mol. The fourth-order valence-corrected chi connectivity index (χ4v) is 4.02. The summed E-state index contributed by atoms with van der Waals surface area (Å²) in [6.45, 7) is 2.09. The van der Waals surface area contributed by atoms with E-state index < -0.39 is 6.04 Å². The van der Waals surface area contributed by atoms with Crippen molar-refractivity contribution in [3.63, 3.8) is 0 Å². The maximum absolute atomic E-state index is 13.2. The number of halogens is 3. The lowest BCUT2D eigenvalue weighted by molar-refractivity contribution is -0.139. The lowest BCUT2D eigenvalue weighted by atomic mass is 10.1. The Hall–Kier alpha value is -1.76. The highest BCUT2D eigenvalue weighted by molar-refractivity contribution is 7.99. The second-order valence-corrected chi connectivity index (χ2v) is 8.23. The average Bonchev–Trinajstić information content (AvgIpc) is 2.71. The zero-order valence-corrected chi connectivity index (χ0v) is 18.6. The molecule has 2 rings (SSSR count). The van der Waals surface area contributed by atoms with Crippen molar-refractivity contribution in [2.45, 2.75) is 31.7 Å². The highest BCUT2D eigenvalue weighted by Gasteiger charge is 2.27. The first kappa shape index (κ1) is 23.5. The minimum absolute atomic E-state index is 0.158.